The highest BCUT2D eigenvalue weighted by atomic mass is 16.6. The molecule has 1 aliphatic heterocycles. The predicted octanol–water partition coefficient (Wildman–Crippen LogP) is 4.92. The molecule has 4 heteroatoms. The first-order valence-electron chi connectivity index (χ1n) is 12.1. The summed E-state index contributed by atoms with van der Waals surface area (Å²) in [5.74, 6) is 1.55. The molecule has 4 aliphatic carbocycles. The van der Waals surface area contributed by atoms with Crippen LogP contribution in [-0.2, 0) is 14.3 Å². The first-order chi connectivity index (χ1) is 14.7. The van der Waals surface area contributed by atoms with Crippen molar-refractivity contribution in [1.29, 1.82) is 0 Å². The van der Waals surface area contributed by atoms with E-state index < -0.39 is 12.2 Å². The molecule has 8 atom stereocenters. The highest BCUT2D eigenvalue weighted by molar-refractivity contribution is 5.98. The number of cyclic esters (lactones) is 1. The smallest absolute Gasteiger partial charge is 0.334 e. The van der Waals surface area contributed by atoms with E-state index in [2.05, 4.69) is 19.9 Å². The first kappa shape index (κ1) is 21.2. The van der Waals surface area contributed by atoms with Gasteiger partial charge in [-0.05, 0) is 94.5 Å². The number of fused-ring (bicyclic) bond motifs is 5. The second-order valence-corrected chi connectivity index (χ2v) is 11.3. The van der Waals surface area contributed by atoms with Gasteiger partial charge in [0.1, 0.15) is 6.10 Å². The summed E-state index contributed by atoms with van der Waals surface area (Å²) in [5.41, 5.74) is 2.74. The molecule has 1 N–H and O–H groups in total. The van der Waals surface area contributed by atoms with Crippen LogP contribution in [0.15, 0.2) is 34.9 Å². The maximum absolute atomic E-state index is 13.0. The van der Waals surface area contributed by atoms with Crippen molar-refractivity contribution in [1.82, 2.24) is 0 Å². The summed E-state index contributed by atoms with van der Waals surface area (Å²) in [7, 11) is 0. The zero-order chi connectivity index (χ0) is 22.1. The zero-order valence-electron chi connectivity index (χ0n) is 19.3. The third kappa shape index (κ3) is 2.90. The Hall–Kier alpha value is -1.68. The average Bonchev–Trinajstić information content (AvgIpc) is 3.09. The third-order valence-corrected chi connectivity index (χ3v) is 10.2. The second-order valence-electron chi connectivity index (χ2n) is 11.3. The number of allylic oxidation sites excluding steroid dienone is 4. The molecule has 168 valence electrons. The summed E-state index contributed by atoms with van der Waals surface area (Å²) in [6.07, 6.45) is 11.9. The van der Waals surface area contributed by atoms with E-state index in [9.17, 15) is 14.7 Å². The molecule has 8 unspecified atom stereocenters. The van der Waals surface area contributed by atoms with Gasteiger partial charge < -0.3 is 9.84 Å². The van der Waals surface area contributed by atoms with Crippen LogP contribution in [0.25, 0.3) is 0 Å². The van der Waals surface area contributed by atoms with Crippen LogP contribution < -0.4 is 0 Å². The normalized spacial score (nSPS) is 45.5. The van der Waals surface area contributed by atoms with Crippen molar-refractivity contribution in [2.75, 3.05) is 0 Å². The molecule has 5 rings (SSSR count). The van der Waals surface area contributed by atoms with Crippen LogP contribution in [0.3, 0.4) is 0 Å². The fourth-order valence-electron chi connectivity index (χ4n) is 8.11. The van der Waals surface area contributed by atoms with Gasteiger partial charge in [-0.25, -0.2) is 4.79 Å². The molecule has 0 aromatic rings. The highest BCUT2D eigenvalue weighted by Crippen LogP contribution is 2.66. The van der Waals surface area contributed by atoms with Gasteiger partial charge in [-0.2, -0.15) is 0 Å². The summed E-state index contributed by atoms with van der Waals surface area (Å²) < 4.78 is 5.67. The first-order valence-corrected chi connectivity index (χ1v) is 12.1. The van der Waals surface area contributed by atoms with Crippen molar-refractivity contribution in [3.05, 3.63) is 34.9 Å². The van der Waals surface area contributed by atoms with Gasteiger partial charge in [0.25, 0.3) is 0 Å². The van der Waals surface area contributed by atoms with Crippen molar-refractivity contribution >= 4 is 11.8 Å². The average molecular weight is 425 g/mol. The number of carbonyl (C=O) groups is 2. The predicted molar refractivity (Wildman–Crippen MR) is 119 cm³/mol. The molecule has 2 fully saturated rings. The van der Waals surface area contributed by atoms with Gasteiger partial charge in [-0.3, -0.25) is 4.79 Å². The van der Waals surface area contributed by atoms with Gasteiger partial charge in [-0.1, -0.05) is 30.2 Å². The lowest BCUT2D eigenvalue weighted by Gasteiger charge is -2.56. The Kier molecular flexibility index (Phi) is 4.89. The fraction of sp³-hybridized carbons (Fsp3) is 0.704. The lowest BCUT2D eigenvalue weighted by atomic mass is 9.47. The molecular weight excluding hydrogens is 388 g/mol. The van der Waals surface area contributed by atoms with E-state index in [1.165, 1.54) is 5.57 Å². The van der Waals surface area contributed by atoms with E-state index in [0.29, 0.717) is 29.7 Å². The van der Waals surface area contributed by atoms with Crippen molar-refractivity contribution in [2.45, 2.75) is 84.8 Å². The Morgan fingerprint density at radius 3 is 2.65 bits per heavy atom. The molecule has 2 saturated carbocycles. The molecule has 1 heterocycles. The number of ketones is 1. The minimum atomic E-state index is -0.622. The van der Waals surface area contributed by atoms with Crippen molar-refractivity contribution in [2.24, 2.45) is 34.5 Å². The largest absolute Gasteiger partial charge is 0.456 e. The van der Waals surface area contributed by atoms with Crippen LogP contribution in [-0.4, -0.2) is 29.1 Å². The molecule has 0 aromatic heterocycles. The second kappa shape index (κ2) is 7.16. The Morgan fingerprint density at radius 2 is 1.90 bits per heavy atom. The number of aliphatic hydroxyl groups excluding tert-OH is 1. The van der Waals surface area contributed by atoms with Crippen LogP contribution in [0.5, 0.6) is 0 Å². The van der Waals surface area contributed by atoms with Gasteiger partial charge in [0.2, 0.25) is 0 Å². The Balaban J connectivity index is 1.40. The quantitative estimate of drug-likeness (QED) is 0.505. The molecule has 0 amide bonds. The summed E-state index contributed by atoms with van der Waals surface area (Å²) in [4.78, 5) is 25.3. The van der Waals surface area contributed by atoms with Gasteiger partial charge in [0.15, 0.2) is 5.78 Å². The summed E-state index contributed by atoms with van der Waals surface area (Å²) in [6.45, 7) is 8.33. The van der Waals surface area contributed by atoms with Crippen LogP contribution in [0.1, 0.15) is 72.6 Å². The minimum absolute atomic E-state index is 0.0341. The number of carbonyl (C=O) groups excluding carboxylic acids is 2. The molecule has 31 heavy (non-hydrogen) atoms. The van der Waals surface area contributed by atoms with Crippen LogP contribution in [0, 0.1) is 34.5 Å². The minimum Gasteiger partial charge on any atom is -0.456 e. The number of aliphatic hydroxyl groups is 1. The summed E-state index contributed by atoms with van der Waals surface area (Å²) in [5, 5.41) is 11.4. The van der Waals surface area contributed by atoms with Gasteiger partial charge in [0, 0.05) is 12.0 Å². The van der Waals surface area contributed by atoms with E-state index >= 15 is 0 Å². The Bertz CT molecular complexity index is 910. The maximum atomic E-state index is 13.0. The lowest BCUT2D eigenvalue weighted by molar-refractivity contribution is -0.159. The van der Waals surface area contributed by atoms with E-state index in [0.717, 1.165) is 44.1 Å². The molecule has 0 aromatic carbocycles. The standard InChI is InChI=1S/C27H36O4/c1-15-14-22(31-25(30)16(15)2)24(29)21-11-10-19-18-9-8-17-6-5-7-23(28)27(17,4)20(18)12-13-26(19,21)3/h5,7-8,18-22,24,29H,6,9-14H2,1-4H3. The molecule has 0 saturated heterocycles. The zero-order valence-corrected chi connectivity index (χ0v) is 19.3. The van der Waals surface area contributed by atoms with E-state index in [1.54, 1.807) is 0 Å². The van der Waals surface area contributed by atoms with Crippen LogP contribution >= 0.6 is 0 Å². The molecular formula is C27H36O4. The van der Waals surface area contributed by atoms with E-state index in [-0.39, 0.29) is 28.5 Å². The number of ether oxygens (including phenoxy) is 1. The number of hydrogen-bond donors (Lipinski definition) is 1. The molecule has 0 radical (unpaired) electrons. The lowest BCUT2D eigenvalue weighted by Crippen LogP contribution is -2.53. The van der Waals surface area contributed by atoms with E-state index in [1.807, 2.05) is 26.0 Å². The fourth-order valence-corrected chi connectivity index (χ4v) is 8.11. The van der Waals surface area contributed by atoms with Gasteiger partial charge >= 0.3 is 5.97 Å². The Labute approximate surface area is 185 Å². The third-order valence-electron chi connectivity index (χ3n) is 10.2. The van der Waals surface area contributed by atoms with E-state index in [4.69, 9.17) is 4.74 Å². The number of rotatable bonds is 2. The summed E-state index contributed by atoms with van der Waals surface area (Å²) >= 11 is 0. The van der Waals surface area contributed by atoms with Gasteiger partial charge in [0.05, 0.1) is 11.5 Å². The van der Waals surface area contributed by atoms with Crippen LogP contribution in [0.2, 0.25) is 0 Å². The van der Waals surface area contributed by atoms with Crippen molar-refractivity contribution < 1.29 is 19.4 Å². The summed E-state index contributed by atoms with van der Waals surface area (Å²) in [6, 6.07) is 0. The van der Waals surface area contributed by atoms with Crippen LogP contribution in [0.4, 0.5) is 0 Å². The SMILES string of the molecule is CC1=C(C)C(=O)OC(C(O)C2CCC3C4CC=C5CC=CC(=O)C5(C)C4CCC23C)C1. The monoisotopic (exact) mass is 424 g/mol. The Morgan fingerprint density at radius 1 is 1.13 bits per heavy atom. The molecule has 0 bridgehead atoms. The molecule has 4 nitrogen and oxygen atoms in total. The molecule has 5 aliphatic rings. The maximum Gasteiger partial charge on any atom is 0.334 e. The van der Waals surface area contributed by atoms with Gasteiger partial charge in [-0.15, -0.1) is 0 Å². The topological polar surface area (TPSA) is 63.6 Å². The van der Waals surface area contributed by atoms with Crippen molar-refractivity contribution in [3.8, 4) is 0 Å². The number of hydrogen-bond acceptors (Lipinski definition) is 4. The van der Waals surface area contributed by atoms with Crippen molar-refractivity contribution in [3.63, 3.8) is 0 Å². The highest BCUT2D eigenvalue weighted by Gasteiger charge is 2.61. The number of esters is 1. The molecule has 0 spiro atoms.